The average molecular weight is 347 g/mol. The number of nitrogens with two attached hydrogens (primary N) is 1. The van der Waals surface area contributed by atoms with Crippen molar-refractivity contribution in [1.29, 1.82) is 15.8 Å². The summed E-state index contributed by atoms with van der Waals surface area (Å²) >= 11 is 1.55. The number of likely N-dealkylation sites (N-methyl/N-ethyl adjacent to an activating group) is 1. The number of nitrogens with zero attached hydrogens (tertiary/aromatic N) is 4. The first-order valence-corrected chi connectivity index (χ1v) is 9.22. The summed E-state index contributed by atoms with van der Waals surface area (Å²) in [4.78, 5) is 2.32. The fourth-order valence-corrected chi connectivity index (χ4v) is 5.61. The lowest BCUT2D eigenvalue weighted by molar-refractivity contribution is 0.161. The summed E-state index contributed by atoms with van der Waals surface area (Å²) in [5.74, 6) is -0.428. The Morgan fingerprint density at radius 2 is 2.04 bits per heavy atom. The number of thiophene rings is 1. The monoisotopic (exact) mass is 347 g/mol. The summed E-state index contributed by atoms with van der Waals surface area (Å²) in [6.45, 7) is 0. The van der Waals surface area contributed by atoms with E-state index < -0.39 is 5.41 Å². The molecule has 0 amide bonds. The van der Waals surface area contributed by atoms with Crippen LogP contribution in [-0.4, -0.2) is 24.0 Å². The lowest BCUT2D eigenvalue weighted by Crippen LogP contribution is -2.51. The second-order valence-corrected chi connectivity index (χ2v) is 7.77. The van der Waals surface area contributed by atoms with Gasteiger partial charge in [0, 0.05) is 23.9 Å². The van der Waals surface area contributed by atoms with E-state index >= 15 is 0 Å². The molecule has 4 atom stereocenters. The van der Waals surface area contributed by atoms with Crippen LogP contribution < -0.4 is 5.73 Å². The van der Waals surface area contributed by atoms with E-state index in [1.54, 1.807) is 11.3 Å². The third-order valence-electron chi connectivity index (χ3n) is 6.13. The molecule has 0 spiro atoms. The van der Waals surface area contributed by atoms with Crippen LogP contribution in [0, 0.1) is 45.3 Å². The molecule has 0 radical (unpaired) electrons. The topological polar surface area (TPSA) is 101 Å². The minimum atomic E-state index is -1.51. The number of allylic oxidation sites excluding steroid dienone is 2. The lowest BCUT2D eigenvalue weighted by atomic mass is 9.56. The number of hydrogen-bond acceptors (Lipinski definition) is 6. The molecule has 2 aliphatic heterocycles. The standard InChI is InChI=1S/C19H17N5S/c1-24-12-2-3-15(24)16-13(6-12)14(7-20)18(23)19(9-21,10-22)17(16)11-4-5-25-8-11/h4-6,8,12,15-17H,2-3,23H2,1H3/t12?,15?,16-,17+/m0/s1. The zero-order chi connectivity index (χ0) is 17.8. The summed E-state index contributed by atoms with van der Waals surface area (Å²) in [7, 11) is 2.09. The average Bonchev–Trinajstić information content (AvgIpc) is 3.21. The fraction of sp³-hybridized carbons (Fsp3) is 0.421. The van der Waals surface area contributed by atoms with Gasteiger partial charge in [0.2, 0.25) is 0 Å². The van der Waals surface area contributed by atoms with Crippen LogP contribution in [0.2, 0.25) is 0 Å². The van der Waals surface area contributed by atoms with Gasteiger partial charge in [-0.3, -0.25) is 4.90 Å². The zero-order valence-electron chi connectivity index (χ0n) is 13.8. The van der Waals surface area contributed by atoms with Gasteiger partial charge in [-0.25, -0.2) is 0 Å². The molecule has 1 saturated heterocycles. The van der Waals surface area contributed by atoms with E-state index in [0.29, 0.717) is 11.6 Å². The van der Waals surface area contributed by atoms with E-state index in [0.717, 1.165) is 24.0 Å². The first-order valence-electron chi connectivity index (χ1n) is 8.28. The Bertz CT molecular complexity index is 891. The minimum Gasteiger partial charge on any atom is -0.399 e. The normalized spacial score (nSPS) is 33.0. The predicted octanol–water partition coefficient (Wildman–Crippen LogP) is 2.63. The number of fused-ring (bicyclic) bond motifs is 4. The predicted molar refractivity (Wildman–Crippen MR) is 93.7 cm³/mol. The number of nitriles is 3. The van der Waals surface area contributed by atoms with Crippen molar-refractivity contribution in [3.8, 4) is 18.2 Å². The van der Waals surface area contributed by atoms with E-state index in [2.05, 4.69) is 36.2 Å². The molecule has 1 aromatic rings. The third-order valence-corrected chi connectivity index (χ3v) is 6.83. The SMILES string of the molecule is CN1C2C=C3C(C#N)=C(N)C(C#N)(C#N)[C@H](c4ccsc4)[C@@H]3C1CC2. The second-order valence-electron chi connectivity index (χ2n) is 6.99. The van der Waals surface area contributed by atoms with Crippen LogP contribution in [0.4, 0.5) is 0 Å². The van der Waals surface area contributed by atoms with Gasteiger partial charge in [0.25, 0.3) is 0 Å². The molecular formula is C19H17N5S. The van der Waals surface area contributed by atoms with Crippen LogP contribution in [0.5, 0.6) is 0 Å². The van der Waals surface area contributed by atoms with Crippen molar-refractivity contribution in [3.63, 3.8) is 0 Å². The molecule has 5 nitrogen and oxygen atoms in total. The highest BCUT2D eigenvalue weighted by Gasteiger charge is 2.58. The molecule has 2 N–H and O–H groups in total. The van der Waals surface area contributed by atoms with E-state index in [-0.39, 0.29) is 23.6 Å². The van der Waals surface area contributed by atoms with Crippen LogP contribution in [-0.2, 0) is 0 Å². The molecule has 0 aromatic carbocycles. The molecule has 1 aliphatic carbocycles. The Hall–Kier alpha value is -2.59. The Kier molecular flexibility index (Phi) is 3.48. The first-order chi connectivity index (χ1) is 12.1. The summed E-state index contributed by atoms with van der Waals surface area (Å²) in [6.07, 6.45) is 4.16. The maximum Gasteiger partial charge on any atom is 0.191 e. The van der Waals surface area contributed by atoms with Gasteiger partial charge < -0.3 is 5.73 Å². The lowest BCUT2D eigenvalue weighted by Gasteiger charge is -2.48. The molecule has 6 heteroatoms. The van der Waals surface area contributed by atoms with Gasteiger partial charge >= 0.3 is 0 Å². The minimum absolute atomic E-state index is 0.0698. The quantitative estimate of drug-likeness (QED) is 0.841. The van der Waals surface area contributed by atoms with Crippen molar-refractivity contribution in [2.45, 2.75) is 30.8 Å². The highest BCUT2D eigenvalue weighted by atomic mass is 32.1. The summed E-state index contributed by atoms with van der Waals surface area (Å²) in [5, 5.41) is 33.7. The van der Waals surface area contributed by atoms with E-state index in [4.69, 9.17) is 5.73 Å². The highest BCUT2D eigenvalue weighted by Crippen LogP contribution is 2.58. The fourth-order valence-electron chi connectivity index (χ4n) is 4.91. The van der Waals surface area contributed by atoms with E-state index in [1.807, 2.05) is 16.8 Å². The maximum absolute atomic E-state index is 9.99. The van der Waals surface area contributed by atoms with E-state index in [9.17, 15) is 15.8 Å². The molecule has 3 heterocycles. The van der Waals surface area contributed by atoms with Crippen LogP contribution in [0.25, 0.3) is 0 Å². The molecule has 124 valence electrons. The third kappa shape index (κ3) is 1.89. The van der Waals surface area contributed by atoms with Crippen molar-refractivity contribution in [2.75, 3.05) is 7.05 Å². The van der Waals surface area contributed by atoms with Crippen LogP contribution in [0.3, 0.4) is 0 Å². The van der Waals surface area contributed by atoms with Gasteiger partial charge in [0.1, 0.15) is 6.07 Å². The van der Waals surface area contributed by atoms with Crippen LogP contribution in [0.15, 0.2) is 39.7 Å². The van der Waals surface area contributed by atoms with Crippen molar-refractivity contribution >= 4 is 11.3 Å². The van der Waals surface area contributed by atoms with Crippen molar-refractivity contribution in [1.82, 2.24) is 4.90 Å². The number of hydrogen-bond donors (Lipinski definition) is 1. The van der Waals surface area contributed by atoms with Gasteiger partial charge in [-0.15, -0.1) is 0 Å². The molecule has 1 fully saturated rings. The second kappa shape index (κ2) is 5.46. The largest absolute Gasteiger partial charge is 0.399 e. The Morgan fingerprint density at radius 3 is 2.64 bits per heavy atom. The van der Waals surface area contributed by atoms with Gasteiger partial charge in [0.15, 0.2) is 5.41 Å². The molecule has 3 aliphatic rings. The van der Waals surface area contributed by atoms with Crippen molar-refractivity contribution < 1.29 is 0 Å². The van der Waals surface area contributed by atoms with E-state index in [1.165, 1.54) is 0 Å². The first kappa shape index (κ1) is 15.9. The molecule has 2 unspecified atom stereocenters. The van der Waals surface area contributed by atoms with Gasteiger partial charge in [-0.2, -0.15) is 27.1 Å². The summed E-state index contributed by atoms with van der Waals surface area (Å²) < 4.78 is 0. The summed E-state index contributed by atoms with van der Waals surface area (Å²) in [6, 6.07) is 9.06. The maximum atomic E-state index is 9.99. The van der Waals surface area contributed by atoms with Gasteiger partial charge in [-0.05, 0) is 47.9 Å². The Morgan fingerprint density at radius 1 is 1.28 bits per heavy atom. The molecule has 1 aromatic heterocycles. The van der Waals surface area contributed by atoms with Gasteiger partial charge in [0.05, 0.1) is 23.4 Å². The smallest absolute Gasteiger partial charge is 0.191 e. The molecule has 25 heavy (non-hydrogen) atoms. The number of rotatable bonds is 1. The van der Waals surface area contributed by atoms with Crippen LogP contribution in [0.1, 0.15) is 24.3 Å². The summed E-state index contributed by atoms with van der Waals surface area (Å²) in [5.41, 5.74) is 7.14. The molecule has 2 bridgehead atoms. The van der Waals surface area contributed by atoms with Gasteiger partial charge in [-0.1, -0.05) is 6.08 Å². The molecular weight excluding hydrogens is 330 g/mol. The highest BCUT2D eigenvalue weighted by molar-refractivity contribution is 7.08. The van der Waals surface area contributed by atoms with Crippen molar-refractivity contribution in [3.05, 3.63) is 45.3 Å². The zero-order valence-corrected chi connectivity index (χ0v) is 14.6. The molecule has 4 rings (SSSR count). The van der Waals surface area contributed by atoms with Crippen LogP contribution >= 0.6 is 11.3 Å². The van der Waals surface area contributed by atoms with Crippen molar-refractivity contribution in [2.24, 2.45) is 17.1 Å². The Balaban J connectivity index is 2.05. The molecule has 0 saturated carbocycles. The Labute approximate surface area is 150 Å².